The molecule has 0 fully saturated rings. The number of halogens is 2. The second-order valence-corrected chi connectivity index (χ2v) is 10.9. The minimum absolute atomic E-state index is 0.204. The molecule has 168 valence electrons. The van der Waals surface area contributed by atoms with Crippen LogP contribution < -0.4 is 10.9 Å². The van der Waals surface area contributed by atoms with Gasteiger partial charge in [0.25, 0.3) is 0 Å². The number of phenols is 2. The molecule has 2 aromatic carbocycles. The fourth-order valence-electron chi connectivity index (χ4n) is 3.10. The molecule has 0 aromatic heterocycles. The minimum atomic E-state index is -0.275. The van der Waals surface area contributed by atoms with E-state index in [9.17, 15) is 19.8 Å². The van der Waals surface area contributed by atoms with Crippen LogP contribution >= 0.6 is 45.2 Å². The first kappa shape index (κ1) is 25.7. The Morgan fingerprint density at radius 1 is 0.839 bits per heavy atom. The number of benzene rings is 2. The quantitative estimate of drug-likeness (QED) is 0.271. The summed E-state index contributed by atoms with van der Waals surface area (Å²) in [6.07, 6.45) is 1.47. The summed E-state index contributed by atoms with van der Waals surface area (Å²) in [5, 5.41) is 20.1. The van der Waals surface area contributed by atoms with Crippen LogP contribution in [-0.4, -0.2) is 22.0 Å². The summed E-state index contributed by atoms with van der Waals surface area (Å²) in [6.45, 7) is 7.92. The molecule has 0 atom stereocenters. The van der Waals surface area contributed by atoms with E-state index in [1.807, 2.05) is 52.0 Å². The molecule has 0 bridgehead atoms. The molecule has 0 aliphatic heterocycles. The van der Waals surface area contributed by atoms with Gasteiger partial charge < -0.3 is 10.2 Å². The van der Waals surface area contributed by atoms with Gasteiger partial charge in [-0.05, 0) is 99.2 Å². The zero-order valence-electron chi connectivity index (χ0n) is 18.1. The van der Waals surface area contributed by atoms with E-state index in [2.05, 4.69) is 56.0 Å². The Morgan fingerprint density at radius 2 is 1.29 bits per heavy atom. The largest absolute Gasteiger partial charge is 0.507 e. The standard InChI is InChI=1S/C23H28I2N2O4/c1-13-9-14(11-17(24)21(13)30)5-7-19(28)26-27-20(29)8-6-15-10-16(23(2,3)4)22(31)18(25)12-15/h9-12,30-31H,5-8H2,1-4H3,(H,26,28)(H,27,29). The van der Waals surface area contributed by atoms with Crippen molar-refractivity contribution in [2.45, 2.75) is 58.8 Å². The van der Waals surface area contributed by atoms with Gasteiger partial charge in [-0.1, -0.05) is 32.9 Å². The van der Waals surface area contributed by atoms with Crippen LogP contribution in [0, 0.1) is 14.1 Å². The highest BCUT2D eigenvalue weighted by atomic mass is 127. The molecule has 0 spiro atoms. The smallest absolute Gasteiger partial charge is 0.238 e. The van der Waals surface area contributed by atoms with E-state index in [1.165, 1.54) is 0 Å². The number of carbonyl (C=O) groups excluding carboxylic acids is 2. The lowest BCUT2D eigenvalue weighted by Crippen LogP contribution is -2.41. The highest BCUT2D eigenvalue weighted by Crippen LogP contribution is 2.35. The van der Waals surface area contributed by atoms with E-state index in [4.69, 9.17) is 0 Å². The third kappa shape index (κ3) is 7.51. The second-order valence-electron chi connectivity index (χ2n) is 8.56. The zero-order chi connectivity index (χ0) is 23.3. The predicted octanol–water partition coefficient (Wildman–Crippen LogP) is 4.63. The zero-order valence-corrected chi connectivity index (χ0v) is 22.4. The monoisotopic (exact) mass is 650 g/mol. The minimum Gasteiger partial charge on any atom is -0.507 e. The lowest BCUT2D eigenvalue weighted by molar-refractivity contribution is -0.128. The van der Waals surface area contributed by atoms with Crippen molar-refractivity contribution in [3.63, 3.8) is 0 Å². The van der Waals surface area contributed by atoms with Crippen LogP contribution in [0.4, 0.5) is 0 Å². The van der Waals surface area contributed by atoms with E-state index >= 15 is 0 Å². The maximum atomic E-state index is 12.1. The van der Waals surface area contributed by atoms with Gasteiger partial charge in [0.05, 0.1) is 7.14 Å². The Balaban J connectivity index is 1.83. The third-order valence-corrected chi connectivity index (χ3v) is 6.51. The van der Waals surface area contributed by atoms with Crippen LogP contribution in [0.25, 0.3) is 0 Å². The van der Waals surface area contributed by atoms with Gasteiger partial charge in [-0.25, -0.2) is 0 Å². The van der Waals surface area contributed by atoms with Crippen molar-refractivity contribution in [1.29, 1.82) is 0 Å². The Labute approximate surface area is 210 Å². The van der Waals surface area contributed by atoms with Gasteiger partial charge in [-0.15, -0.1) is 0 Å². The lowest BCUT2D eigenvalue weighted by Gasteiger charge is -2.22. The fourth-order valence-corrected chi connectivity index (χ4v) is 4.62. The molecule has 0 unspecified atom stereocenters. The van der Waals surface area contributed by atoms with Gasteiger partial charge in [0.1, 0.15) is 11.5 Å². The number of aryl methyl sites for hydroxylation is 3. The lowest BCUT2D eigenvalue weighted by atomic mass is 9.85. The summed E-state index contributed by atoms with van der Waals surface area (Å²) >= 11 is 4.16. The molecule has 4 N–H and O–H groups in total. The molecule has 2 amide bonds. The van der Waals surface area contributed by atoms with Crippen molar-refractivity contribution < 1.29 is 19.8 Å². The Bertz CT molecular complexity index is 961. The summed E-state index contributed by atoms with van der Waals surface area (Å²) in [5.41, 5.74) is 8.25. The van der Waals surface area contributed by atoms with Crippen LogP contribution in [0.1, 0.15) is 55.9 Å². The average Bonchev–Trinajstić information content (AvgIpc) is 2.68. The molecule has 0 saturated carbocycles. The molecule has 2 rings (SSSR count). The number of amides is 2. The second kappa shape index (κ2) is 10.8. The first-order valence-electron chi connectivity index (χ1n) is 9.96. The van der Waals surface area contributed by atoms with Crippen molar-refractivity contribution in [3.05, 3.63) is 53.7 Å². The summed E-state index contributed by atoms with van der Waals surface area (Å²) in [5.74, 6) is -0.00173. The number of hydrazine groups is 1. The first-order chi connectivity index (χ1) is 14.4. The van der Waals surface area contributed by atoms with Crippen LogP contribution in [0.5, 0.6) is 11.5 Å². The Kier molecular flexibility index (Phi) is 8.99. The highest BCUT2D eigenvalue weighted by molar-refractivity contribution is 14.1. The Morgan fingerprint density at radius 3 is 1.74 bits per heavy atom. The van der Waals surface area contributed by atoms with Gasteiger partial charge in [0, 0.05) is 18.4 Å². The molecule has 8 heteroatoms. The van der Waals surface area contributed by atoms with Crippen molar-refractivity contribution in [2.75, 3.05) is 0 Å². The summed E-state index contributed by atoms with van der Waals surface area (Å²) in [6, 6.07) is 7.51. The van der Waals surface area contributed by atoms with Gasteiger partial charge >= 0.3 is 0 Å². The van der Waals surface area contributed by atoms with Crippen molar-refractivity contribution in [2.24, 2.45) is 0 Å². The highest BCUT2D eigenvalue weighted by Gasteiger charge is 2.21. The van der Waals surface area contributed by atoms with Gasteiger partial charge in [-0.3, -0.25) is 20.4 Å². The molecular weight excluding hydrogens is 622 g/mol. The summed E-state index contributed by atoms with van der Waals surface area (Å²) < 4.78 is 1.51. The van der Waals surface area contributed by atoms with Crippen molar-refractivity contribution in [1.82, 2.24) is 10.9 Å². The number of hydrogen-bond donors (Lipinski definition) is 4. The number of rotatable bonds is 6. The van der Waals surface area contributed by atoms with E-state index < -0.39 is 0 Å². The maximum Gasteiger partial charge on any atom is 0.238 e. The van der Waals surface area contributed by atoms with Crippen molar-refractivity contribution >= 4 is 57.0 Å². The normalized spacial score (nSPS) is 11.3. The average molecular weight is 650 g/mol. The molecule has 0 radical (unpaired) electrons. The molecule has 31 heavy (non-hydrogen) atoms. The van der Waals surface area contributed by atoms with Gasteiger partial charge in [0.2, 0.25) is 11.8 Å². The van der Waals surface area contributed by atoms with Crippen LogP contribution in [0.15, 0.2) is 24.3 Å². The van der Waals surface area contributed by atoms with Crippen LogP contribution in [0.2, 0.25) is 0 Å². The van der Waals surface area contributed by atoms with E-state index in [0.717, 1.165) is 29.4 Å². The van der Waals surface area contributed by atoms with Crippen LogP contribution in [0.3, 0.4) is 0 Å². The van der Waals surface area contributed by atoms with E-state index in [-0.39, 0.29) is 41.6 Å². The number of hydrogen-bond acceptors (Lipinski definition) is 4. The SMILES string of the molecule is Cc1cc(CCC(=O)NNC(=O)CCc2cc(I)c(O)c(C(C)(C)C)c2)cc(I)c1O. The number of carbonyl (C=O) groups is 2. The predicted molar refractivity (Wildman–Crippen MR) is 138 cm³/mol. The fraction of sp³-hybridized carbons (Fsp3) is 0.391. The molecule has 0 heterocycles. The number of aromatic hydroxyl groups is 2. The number of phenolic OH excluding ortho intramolecular Hbond substituents is 2. The van der Waals surface area contributed by atoms with Crippen molar-refractivity contribution in [3.8, 4) is 11.5 Å². The topological polar surface area (TPSA) is 98.7 Å². The molecule has 0 aliphatic rings. The third-order valence-electron chi connectivity index (χ3n) is 4.87. The first-order valence-corrected chi connectivity index (χ1v) is 12.1. The van der Waals surface area contributed by atoms with E-state index in [1.54, 1.807) is 0 Å². The molecule has 0 saturated heterocycles. The van der Waals surface area contributed by atoms with E-state index in [0.29, 0.717) is 12.8 Å². The summed E-state index contributed by atoms with van der Waals surface area (Å²) in [4.78, 5) is 24.2. The Hall–Kier alpha value is -1.56. The molecule has 2 aromatic rings. The molecule has 6 nitrogen and oxygen atoms in total. The van der Waals surface area contributed by atoms with Gasteiger partial charge in [-0.2, -0.15) is 0 Å². The maximum absolute atomic E-state index is 12.1. The number of nitrogens with one attached hydrogen (secondary N) is 2. The molecular formula is C23H28I2N2O4. The van der Waals surface area contributed by atoms with Gasteiger partial charge in [0.15, 0.2) is 0 Å². The molecule has 0 aliphatic carbocycles. The summed E-state index contributed by atoms with van der Waals surface area (Å²) in [7, 11) is 0. The van der Waals surface area contributed by atoms with Crippen LogP contribution in [-0.2, 0) is 27.8 Å².